The van der Waals surface area contributed by atoms with Crippen molar-refractivity contribution in [3.05, 3.63) is 18.5 Å². The minimum Gasteiger partial charge on any atom is -0.396 e. The zero-order valence-corrected chi connectivity index (χ0v) is 9.10. The minimum absolute atomic E-state index is 0.0227. The molecule has 16 heavy (non-hydrogen) atoms. The highest BCUT2D eigenvalue weighted by molar-refractivity contribution is 5.94. The van der Waals surface area contributed by atoms with Crippen molar-refractivity contribution in [1.82, 2.24) is 4.98 Å². The molecule has 0 unspecified atom stereocenters. The van der Waals surface area contributed by atoms with Crippen LogP contribution in [-0.2, 0) is 14.3 Å². The number of anilines is 2. The maximum absolute atomic E-state index is 11.4. The van der Waals surface area contributed by atoms with Crippen LogP contribution in [0.1, 0.15) is 0 Å². The molecular formula is C10H15N3O3. The van der Waals surface area contributed by atoms with Crippen molar-refractivity contribution in [3.8, 4) is 0 Å². The molecule has 1 rings (SSSR count). The average Bonchev–Trinajstić information content (AvgIpc) is 2.28. The van der Waals surface area contributed by atoms with Gasteiger partial charge in [0.1, 0.15) is 6.61 Å². The molecule has 0 aliphatic heterocycles. The van der Waals surface area contributed by atoms with Crippen LogP contribution in [0.4, 0.5) is 11.4 Å². The molecule has 3 N–H and O–H groups in total. The van der Waals surface area contributed by atoms with E-state index < -0.39 is 0 Å². The number of ether oxygens (including phenoxy) is 2. The molecule has 0 bridgehead atoms. The van der Waals surface area contributed by atoms with Crippen LogP contribution in [0.15, 0.2) is 18.5 Å². The van der Waals surface area contributed by atoms with E-state index in [4.69, 9.17) is 15.2 Å². The summed E-state index contributed by atoms with van der Waals surface area (Å²) < 4.78 is 9.83. The SMILES string of the molecule is COCCOCC(=O)Nc1ccncc1N. The van der Waals surface area contributed by atoms with Gasteiger partial charge in [-0.15, -0.1) is 0 Å². The third kappa shape index (κ3) is 4.24. The lowest BCUT2D eigenvalue weighted by Gasteiger charge is -2.07. The van der Waals surface area contributed by atoms with Crippen molar-refractivity contribution in [2.24, 2.45) is 0 Å². The van der Waals surface area contributed by atoms with Gasteiger partial charge in [0.2, 0.25) is 5.91 Å². The molecule has 0 saturated carbocycles. The average molecular weight is 225 g/mol. The quantitative estimate of drug-likeness (QED) is 0.678. The fraction of sp³-hybridized carbons (Fsp3) is 0.400. The molecule has 1 amide bonds. The third-order valence-corrected chi connectivity index (χ3v) is 1.79. The van der Waals surface area contributed by atoms with E-state index in [0.29, 0.717) is 24.6 Å². The molecule has 1 aromatic rings. The summed E-state index contributed by atoms with van der Waals surface area (Å²) in [7, 11) is 1.57. The number of rotatable bonds is 6. The molecule has 0 aliphatic rings. The molecule has 88 valence electrons. The molecule has 6 nitrogen and oxygen atoms in total. The van der Waals surface area contributed by atoms with Crippen LogP contribution in [0.2, 0.25) is 0 Å². The van der Waals surface area contributed by atoms with Gasteiger partial charge in [-0.25, -0.2) is 0 Å². The number of nitrogens with two attached hydrogens (primary N) is 1. The first-order valence-corrected chi connectivity index (χ1v) is 4.80. The normalized spacial score (nSPS) is 10.1. The highest BCUT2D eigenvalue weighted by Gasteiger charge is 2.04. The lowest BCUT2D eigenvalue weighted by molar-refractivity contribution is -0.121. The van der Waals surface area contributed by atoms with Gasteiger partial charge in [0.05, 0.1) is 30.8 Å². The summed E-state index contributed by atoms with van der Waals surface area (Å²) >= 11 is 0. The standard InChI is InChI=1S/C10H15N3O3/c1-15-4-5-16-7-10(14)13-9-2-3-12-6-8(9)11/h2-3,6H,4-5,7,11H2,1H3,(H,12,13,14). The summed E-state index contributed by atoms with van der Waals surface area (Å²) in [5.74, 6) is -0.256. The second-order valence-electron chi connectivity index (χ2n) is 3.06. The predicted octanol–water partition coefficient (Wildman–Crippen LogP) is 0.265. The van der Waals surface area contributed by atoms with Gasteiger partial charge in [0, 0.05) is 13.3 Å². The third-order valence-electron chi connectivity index (χ3n) is 1.79. The topological polar surface area (TPSA) is 86.5 Å². The van der Waals surface area contributed by atoms with Crippen LogP contribution in [-0.4, -0.2) is 37.8 Å². The van der Waals surface area contributed by atoms with Crippen LogP contribution < -0.4 is 11.1 Å². The molecule has 0 saturated heterocycles. The Bertz CT molecular complexity index is 344. The van der Waals surface area contributed by atoms with Crippen molar-refractivity contribution < 1.29 is 14.3 Å². The Morgan fingerprint density at radius 1 is 1.56 bits per heavy atom. The highest BCUT2D eigenvalue weighted by Crippen LogP contribution is 2.14. The summed E-state index contributed by atoms with van der Waals surface area (Å²) in [6, 6.07) is 1.63. The molecule has 1 aromatic heterocycles. The van der Waals surface area contributed by atoms with Crippen molar-refractivity contribution >= 4 is 17.3 Å². The van der Waals surface area contributed by atoms with Crippen LogP contribution >= 0.6 is 0 Å². The van der Waals surface area contributed by atoms with Crippen LogP contribution in [0, 0.1) is 0 Å². The monoisotopic (exact) mass is 225 g/mol. The van der Waals surface area contributed by atoms with E-state index in [1.54, 1.807) is 19.4 Å². The zero-order valence-electron chi connectivity index (χ0n) is 9.10. The first-order valence-electron chi connectivity index (χ1n) is 4.80. The maximum atomic E-state index is 11.4. The van der Waals surface area contributed by atoms with E-state index in [2.05, 4.69) is 10.3 Å². The van der Waals surface area contributed by atoms with Gasteiger partial charge in [-0.3, -0.25) is 9.78 Å². The Morgan fingerprint density at radius 3 is 3.06 bits per heavy atom. The summed E-state index contributed by atoms with van der Waals surface area (Å²) in [6.45, 7) is 0.825. The molecule has 0 spiro atoms. The van der Waals surface area contributed by atoms with Gasteiger partial charge < -0.3 is 20.5 Å². The number of aromatic nitrogens is 1. The second-order valence-corrected chi connectivity index (χ2v) is 3.06. The Kier molecular flexibility index (Phi) is 5.24. The smallest absolute Gasteiger partial charge is 0.250 e. The number of nitrogen functional groups attached to an aromatic ring is 1. The van der Waals surface area contributed by atoms with E-state index >= 15 is 0 Å². The minimum atomic E-state index is -0.256. The number of carbonyl (C=O) groups is 1. The van der Waals surface area contributed by atoms with Crippen molar-refractivity contribution in [2.45, 2.75) is 0 Å². The predicted molar refractivity (Wildman–Crippen MR) is 60.0 cm³/mol. The number of carbonyl (C=O) groups excluding carboxylic acids is 1. The van der Waals surface area contributed by atoms with E-state index in [9.17, 15) is 4.79 Å². The van der Waals surface area contributed by atoms with Gasteiger partial charge in [-0.05, 0) is 6.07 Å². The molecule has 0 fully saturated rings. The number of methoxy groups -OCH3 is 1. The summed E-state index contributed by atoms with van der Waals surface area (Å²) in [5.41, 5.74) is 6.57. The number of pyridine rings is 1. The first kappa shape index (κ1) is 12.4. The second kappa shape index (κ2) is 6.76. The van der Waals surface area contributed by atoms with Gasteiger partial charge >= 0.3 is 0 Å². The van der Waals surface area contributed by atoms with E-state index in [0.717, 1.165) is 0 Å². The van der Waals surface area contributed by atoms with E-state index in [1.807, 2.05) is 0 Å². The maximum Gasteiger partial charge on any atom is 0.250 e. The lowest BCUT2D eigenvalue weighted by Crippen LogP contribution is -2.20. The zero-order chi connectivity index (χ0) is 11.8. The number of nitrogens with one attached hydrogen (secondary N) is 1. The van der Waals surface area contributed by atoms with Crippen molar-refractivity contribution in [1.29, 1.82) is 0 Å². The largest absolute Gasteiger partial charge is 0.396 e. The Hall–Kier alpha value is -1.66. The van der Waals surface area contributed by atoms with Gasteiger partial charge in [0.15, 0.2) is 0 Å². The molecule has 1 heterocycles. The number of hydrogen-bond donors (Lipinski definition) is 2. The van der Waals surface area contributed by atoms with Crippen LogP contribution in [0.5, 0.6) is 0 Å². The summed E-state index contributed by atoms with van der Waals surface area (Å²) in [5, 5.41) is 2.62. The molecule has 6 heteroatoms. The number of hydrogen-bond acceptors (Lipinski definition) is 5. The van der Waals surface area contributed by atoms with Crippen molar-refractivity contribution in [2.75, 3.05) is 38.0 Å². The molecule has 0 atom stereocenters. The van der Waals surface area contributed by atoms with E-state index in [1.165, 1.54) is 6.20 Å². The van der Waals surface area contributed by atoms with Gasteiger partial charge in [0.25, 0.3) is 0 Å². The van der Waals surface area contributed by atoms with Crippen molar-refractivity contribution in [3.63, 3.8) is 0 Å². The van der Waals surface area contributed by atoms with Gasteiger partial charge in [-0.2, -0.15) is 0 Å². The van der Waals surface area contributed by atoms with E-state index in [-0.39, 0.29) is 12.5 Å². The molecule has 0 aromatic carbocycles. The Morgan fingerprint density at radius 2 is 2.38 bits per heavy atom. The van der Waals surface area contributed by atoms with Crippen LogP contribution in [0.3, 0.4) is 0 Å². The molecule has 0 radical (unpaired) electrons. The Balaban J connectivity index is 2.32. The van der Waals surface area contributed by atoms with Gasteiger partial charge in [-0.1, -0.05) is 0 Å². The summed E-state index contributed by atoms with van der Waals surface area (Å²) in [6.07, 6.45) is 3.03. The fourth-order valence-electron chi connectivity index (χ4n) is 1.01. The number of amides is 1. The number of nitrogens with zero attached hydrogens (tertiary/aromatic N) is 1. The first-order chi connectivity index (χ1) is 7.74. The Labute approximate surface area is 93.8 Å². The molecule has 0 aliphatic carbocycles. The lowest BCUT2D eigenvalue weighted by atomic mass is 10.3. The summed E-state index contributed by atoms with van der Waals surface area (Å²) in [4.78, 5) is 15.2. The fourth-order valence-corrected chi connectivity index (χ4v) is 1.01. The van der Waals surface area contributed by atoms with Crippen LogP contribution in [0.25, 0.3) is 0 Å². The highest BCUT2D eigenvalue weighted by atomic mass is 16.5. The molecular weight excluding hydrogens is 210 g/mol.